The zero-order valence-corrected chi connectivity index (χ0v) is 17.8. The Labute approximate surface area is 174 Å². The third-order valence-electron chi connectivity index (χ3n) is 5.64. The first-order chi connectivity index (χ1) is 14.4. The Bertz CT molecular complexity index is 1160. The molecule has 9 heteroatoms. The molecule has 1 aliphatic heterocycles. The molecule has 0 spiro atoms. The lowest BCUT2D eigenvalue weighted by Crippen LogP contribution is -2.51. The van der Waals surface area contributed by atoms with E-state index in [-0.39, 0.29) is 11.6 Å². The number of urea groups is 1. The molecule has 0 radical (unpaired) electrons. The van der Waals surface area contributed by atoms with Crippen molar-refractivity contribution in [3.05, 3.63) is 45.9 Å². The van der Waals surface area contributed by atoms with Crippen LogP contribution in [0.2, 0.25) is 0 Å². The highest BCUT2D eigenvalue weighted by Gasteiger charge is 2.26. The minimum Gasteiger partial charge on any atom is -0.339 e. The number of para-hydroxylation sites is 1. The fraction of sp³-hybridized carbons (Fsp3) is 0.429. The van der Waals surface area contributed by atoms with Crippen molar-refractivity contribution in [3.63, 3.8) is 0 Å². The molecule has 1 N–H and O–H groups in total. The van der Waals surface area contributed by atoms with Crippen molar-refractivity contribution in [1.82, 2.24) is 24.2 Å². The smallest absolute Gasteiger partial charge is 0.321 e. The number of aryl methyl sites for hydroxylation is 3. The number of benzene rings is 1. The van der Waals surface area contributed by atoms with E-state index < -0.39 is 0 Å². The highest BCUT2D eigenvalue weighted by atomic mass is 16.2. The van der Waals surface area contributed by atoms with Gasteiger partial charge in [-0.2, -0.15) is 5.10 Å². The molecule has 3 heterocycles. The van der Waals surface area contributed by atoms with Crippen molar-refractivity contribution in [2.24, 2.45) is 7.05 Å². The largest absolute Gasteiger partial charge is 0.339 e. The van der Waals surface area contributed by atoms with E-state index in [2.05, 4.69) is 15.3 Å². The lowest BCUT2D eigenvalue weighted by Gasteiger charge is -2.36. The molecule has 0 saturated carbocycles. The lowest BCUT2D eigenvalue weighted by molar-refractivity contribution is 0.207. The maximum Gasteiger partial charge on any atom is 0.321 e. The number of anilines is 2. The van der Waals surface area contributed by atoms with Crippen LogP contribution in [-0.4, -0.2) is 56.4 Å². The molecule has 1 aromatic carbocycles. The van der Waals surface area contributed by atoms with Gasteiger partial charge in [0.1, 0.15) is 5.52 Å². The Morgan fingerprint density at radius 2 is 1.83 bits per heavy atom. The van der Waals surface area contributed by atoms with Gasteiger partial charge in [-0.25, -0.2) is 9.78 Å². The van der Waals surface area contributed by atoms with Gasteiger partial charge >= 0.3 is 6.03 Å². The molecule has 1 saturated heterocycles. The SMILES string of the molecule is CCn1c(N2CCN(C(=O)Nc3ccccc3C)CC2)nc2c(C)nn(C)c2c1=O. The molecule has 0 unspecified atom stereocenters. The molecule has 4 rings (SSSR count). The number of carbonyl (C=O) groups is 1. The normalized spacial score (nSPS) is 14.4. The molecule has 2 aromatic heterocycles. The van der Waals surface area contributed by atoms with E-state index in [1.165, 1.54) is 0 Å². The molecule has 0 atom stereocenters. The van der Waals surface area contributed by atoms with Gasteiger partial charge in [0.05, 0.1) is 5.69 Å². The second-order valence-corrected chi connectivity index (χ2v) is 7.59. The summed E-state index contributed by atoms with van der Waals surface area (Å²) in [6.07, 6.45) is 0. The Balaban J connectivity index is 1.53. The predicted molar refractivity (Wildman–Crippen MR) is 117 cm³/mol. The molecule has 1 fully saturated rings. The molecule has 1 aliphatic rings. The van der Waals surface area contributed by atoms with Gasteiger partial charge in [0.25, 0.3) is 5.56 Å². The molecule has 0 aliphatic carbocycles. The topological polar surface area (TPSA) is 88.3 Å². The summed E-state index contributed by atoms with van der Waals surface area (Å²) in [5, 5.41) is 7.34. The summed E-state index contributed by atoms with van der Waals surface area (Å²) in [4.78, 5) is 34.4. The van der Waals surface area contributed by atoms with Gasteiger partial charge < -0.3 is 15.1 Å². The van der Waals surface area contributed by atoms with Crippen LogP contribution in [0.3, 0.4) is 0 Å². The molecule has 9 nitrogen and oxygen atoms in total. The van der Waals surface area contributed by atoms with Gasteiger partial charge in [0.2, 0.25) is 5.95 Å². The van der Waals surface area contributed by atoms with Crippen molar-refractivity contribution >= 4 is 28.7 Å². The third-order valence-corrected chi connectivity index (χ3v) is 5.64. The monoisotopic (exact) mass is 409 g/mol. The molecule has 158 valence electrons. The fourth-order valence-corrected chi connectivity index (χ4v) is 3.94. The third kappa shape index (κ3) is 3.40. The number of carbonyl (C=O) groups excluding carboxylic acids is 1. The van der Waals surface area contributed by atoms with Crippen LogP contribution in [0, 0.1) is 13.8 Å². The summed E-state index contributed by atoms with van der Waals surface area (Å²) in [6, 6.07) is 7.62. The van der Waals surface area contributed by atoms with E-state index in [1.807, 2.05) is 45.0 Å². The van der Waals surface area contributed by atoms with Crippen LogP contribution in [0.4, 0.5) is 16.4 Å². The second-order valence-electron chi connectivity index (χ2n) is 7.59. The standard InChI is InChI=1S/C21H27N7O2/c1-5-28-19(29)18-17(15(3)24-25(18)4)23-20(28)26-10-12-27(13-11-26)21(30)22-16-9-7-6-8-14(16)2/h6-9H,5,10-13H2,1-4H3,(H,22,30). The van der Waals surface area contributed by atoms with Crippen LogP contribution in [-0.2, 0) is 13.6 Å². The molecular formula is C21H27N7O2. The average molecular weight is 409 g/mol. The number of amides is 2. The molecular weight excluding hydrogens is 382 g/mol. The first-order valence-corrected chi connectivity index (χ1v) is 10.2. The molecule has 30 heavy (non-hydrogen) atoms. The number of nitrogens with one attached hydrogen (secondary N) is 1. The van der Waals surface area contributed by atoms with Crippen LogP contribution in [0.15, 0.2) is 29.1 Å². The Hall–Kier alpha value is -3.36. The molecule has 0 bridgehead atoms. The number of aromatic nitrogens is 4. The van der Waals surface area contributed by atoms with E-state index in [4.69, 9.17) is 4.98 Å². The minimum absolute atomic E-state index is 0.0830. The average Bonchev–Trinajstić information content (AvgIpc) is 3.03. The summed E-state index contributed by atoms with van der Waals surface area (Å²) >= 11 is 0. The summed E-state index contributed by atoms with van der Waals surface area (Å²) in [5.41, 5.74) is 3.67. The van der Waals surface area contributed by atoms with E-state index in [9.17, 15) is 9.59 Å². The number of hydrogen-bond donors (Lipinski definition) is 1. The summed E-state index contributed by atoms with van der Waals surface area (Å²) in [5.74, 6) is 0.644. The van der Waals surface area contributed by atoms with Crippen LogP contribution >= 0.6 is 0 Å². The van der Waals surface area contributed by atoms with Gasteiger partial charge in [-0.3, -0.25) is 14.0 Å². The summed E-state index contributed by atoms with van der Waals surface area (Å²) < 4.78 is 3.29. The Morgan fingerprint density at radius 1 is 1.13 bits per heavy atom. The summed E-state index contributed by atoms with van der Waals surface area (Å²) in [6.45, 7) is 8.63. The maximum absolute atomic E-state index is 13.0. The number of rotatable bonds is 3. The van der Waals surface area contributed by atoms with Gasteiger partial charge in [0.15, 0.2) is 5.52 Å². The number of nitrogens with zero attached hydrogens (tertiary/aromatic N) is 6. The van der Waals surface area contributed by atoms with E-state index in [0.29, 0.717) is 49.7 Å². The van der Waals surface area contributed by atoms with Crippen molar-refractivity contribution in [1.29, 1.82) is 0 Å². The van der Waals surface area contributed by atoms with Crippen molar-refractivity contribution in [2.75, 3.05) is 36.4 Å². The minimum atomic E-state index is -0.108. The van der Waals surface area contributed by atoms with Gasteiger partial charge in [-0.1, -0.05) is 18.2 Å². The quantitative estimate of drug-likeness (QED) is 0.716. The fourth-order valence-electron chi connectivity index (χ4n) is 3.94. The highest BCUT2D eigenvalue weighted by molar-refractivity contribution is 5.90. The number of hydrogen-bond acceptors (Lipinski definition) is 5. The van der Waals surface area contributed by atoms with Crippen LogP contribution in [0.25, 0.3) is 11.0 Å². The zero-order chi connectivity index (χ0) is 21.4. The lowest BCUT2D eigenvalue weighted by atomic mass is 10.2. The summed E-state index contributed by atoms with van der Waals surface area (Å²) in [7, 11) is 1.77. The zero-order valence-electron chi connectivity index (χ0n) is 17.8. The van der Waals surface area contributed by atoms with E-state index in [1.54, 1.807) is 21.2 Å². The predicted octanol–water partition coefficient (Wildman–Crippen LogP) is 2.12. The first kappa shape index (κ1) is 19.9. The van der Waals surface area contributed by atoms with Crippen molar-refractivity contribution in [3.8, 4) is 0 Å². The van der Waals surface area contributed by atoms with Gasteiger partial charge in [0, 0.05) is 45.5 Å². The van der Waals surface area contributed by atoms with Crippen LogP contribution in [0.1, 0.15) is 18.2 Å². The number of piperazine rings is 1. The number of fused-ring (bicyclic) bond motifs is 1. The maximum atomic E-state index is 13.0. The first-order valence-electron chi connectivity index (χ1n) is 10.2. The Kier molecular flexibility index (Phi) is 5.19. The Morgan fingerprint density at radius 3 is 2.50 bits per heavy atom. The van der Waals surface area contributed by atoms with Gasteiger partial charge in [-0.15, -0.1) is 0 Å². The highest BCUT2D eigenvalue weighted by Crippen LogP contribution is 2.20. The van der Waals surface area contributed by atoms with Crippen LogP contribution < -0.4 is 15.8 Å². The van der Waals surface area contributed by atoms with E-state index >= 15 is 0 Å². The van der Waals surface area contributed by atoms with Crippen molar-refractivity contribution in [2.45, 2.75) is 27.3 Å². The second kappa shape index (κ2) is 7.81. The van der Waals surface area contributed by atoms with Crippen LogP contribution in [0.5, 0.6) is 0 Å². The van der Waals surface area contributed by atoms with Crippen molar-refractivity contribution < 1.29 is 4.79 Å². The molecule has 2 amide bonds. The molecule has 3 aromatic rings. The van der Waals surface area contributed by atoms with Gasteiger partial charge in [-0.05, 0) is 32.4 Å². The van der Waals surface area contributed by atoms with E-state index in [0.717, 1.165) is 16.9 Å².